The Labute approximate surface area is 155 Å². The van der Waals surface area contributed by atoms with E-state index in [2.05, 4.69) is 15.9 Å². The molecule has 130 valence electrons. The van der Waals surface area contributed by atoms with Crippen LogP contribution in [0, 0.1) is 0 Å². The van der Waals surface area contributed by atoms with Crippen LogP contribution in [0.5, 0.6) is 11.5 Å². The van der Waals surface area contributed by atoms with Crippen molar-refractivity contribution in [1.29, 1.82) is 0 Å². The molecule has 0 saturated heterocycles. The van der Waals surface area contributed by atoms with Crippen molar-refractivity contribution in [1.82, 2.24) is 0 Å². The van der Waals surface area contributed by atoms with Gasteiger partial charge in [-0.3, -0.25) is 4.31 Å². The first-order valence-electron chi connectivity index (χ1n) is 7.05. The van der Waals surface area contributed by atoms with Crippen molar-refractivity contribution in [3.8, 4) is 11.5 Å². The van der Waals surface area contributed by atoms with Gasteiger partial charge in [0, 0.05) is 23.2 Å². The molecule has 0 bridgehead atoms. The van der Waals surface area contributed by atoms with Crippen LogP contribution in [0.4, 0.5) is 5.69 Å². The van der Waals surface area contributed by atoms with Gasteiger partial charge in [0.2, 0.25) is 0 Å². The molecule has 5 nitrogen and oxygen atoms in total. The Kier molecular flexibility index (Phi) is 6.01. The van der Waals surface area contributed by atoms with Gasteiger partial charge in [-0.05, 0) is 31.2 Å². The maximum Gasteiger partial charge on any atom is 0.264 e. The molecule has 0 aromatic heterocycles. The average Bonchev–Trinajstić information content (AvgIpc) is 2.56. The third kappa shape index (κ3) is 3.63. The van der Waals surface area contributed by atoms with Gasteiger partial charge in [-0.2, -0.15) is 0 Å². The van der Waals surface area contributed by atoms with Crippen LogP contribution in [0.3, 0.4) is 0 Å². The molecule has 0 spiro atoms. The lowest BCUT2D eigenvalue weighted by atomic mass is 10.2. The zero-order valence-corrected chi connectivity index (χ0v) is 16.6. The summed E-state index contributed by atoms with van der Waals surface area (Å²) >= 11 is 9.40. The maximum absolute atomic E-state index is 13.0. The van der Waals surface area contributed by atoms with Crippen LogP contribution in [-0.4, -0.2) is 29.2 Å². The van der Waals surface area contributed by atoms with Crippen molar-refractivity contribution in [2.24, 2.45) is 0 Å². The van der Waals surface area contributed by atoms with Crippen molar-refractivity contribution >= 4 is 43.2 Å². The summed E-state index contributed by atoms with van der Waals surface area (Å²) in [5.74, 6) is 0.722. The number of hydrogen-bond donors (Lipinski definition) is 0. The molecule has 2 aromatic rings. The normalized spacial score (nSPS) is 11.2. The summed E-state index contributed by atoms with van der Waals surface area (Å²) in [6, 6.07) is 9.54. The minimum atomic E-state index is -3.76. The number of halogens is 2. The van der Waals surface area contributed by atoms with Crippen LogP contribution in [-0.2, 0) is 10.0 Å². The first kappa shape index (κ1) is 18.9. The fourth-order valence-electron chi connectivity index (χ4n) is 2.24. The highest BCUT2D eigenvalue weighted by Gasteiger charge is 2.27. The van der Waals surface area contributed by atoms with Crippen LogP contribution in [0.1, 0.15) is 6.92 Å². The van der Waals surface area contributed by atoms with E-state index < -0.39 is 10.0 Å². The predicted molar refractivity (Wildman–Crippen MR) is 98.9 cm³/mol. The molecule has 0 radical (unpaired) electrons. The van der Waals surface area contributed by atoms with Crippen LogP contribution >= 0.6 is 27.5 Å². The van der Waals surface area contributed by atoms with Gasteiger partial charge < -0.3 is 9.47 Å². The highest BCUT2D eigenvalue weighted by atomic mass is 79.9. The molecule has 0 fully saturated rings. The Bertz CT molecular complexity index is 825. The van der Waals surface area contributed by atoms with E-state index in [-0.39, 0.29) is 11.4 Å². The Balaban J connectivity index is 2.61. The first-order chi connectivity index (χ1) is 11.3. The molecule has 24 heavy (non-hydrogen) atoms. The van der Waals surface area contributed by atoms with Crippen molar-refractivity contribution in [3.63, 3.8) is 0 Å². The second-order valence-electron chi connectivity index (χ2n) is 4.78. The average molecular weight is 435 g/mol. The van der Waals surface area contributed by atoms with E-state index in [0.29, 0.717) is 22.2 Å². The van der Waals surface area contributed by atoms with E-state index in [1.54, 1.807) is 37.3 Å². The molecule has 0 N–H and O–H groups in total. The fourth-order valence-corrected chi connectivity index (χ4v) is 4.21. The van der Waals surface area contributed by atoms with E-state index >= 15 is 0 Å². The van der Waals surface area contributed by atoms with Gasteiger partial charge in [-0.1, -0.05) is 27.5 Å². The Morgan fingerprint density at radius 2 is 1.67 bits per heavy atom. The molecule has 0 atom stereocenters. The number of nitrogens with zero attached hydrogens (tertiary/aromatic N) is 1. The highest BCUT2D eigenvalue weighted by molar-refractivity contribution is 9.10. The number of benzene rings is 2. The third-order valence-corrected chi connectivity index (χ3v) is 6.14. The van der Waals surface area contributed by atoms with Crippen LogP contribution < -0.4 is 13.8 Å². The molecule has 0 unspecified atom stereocenters. The molecule has 0 aliphatic rings. The van der Waals surface area contributed by atoms with Crippen molar-refractivity contribution in [2.75, 3.05) is 25.1 Å². The summed E-state index contributed by atoms with van der Waals surface area (Å²) in [5, 5.41) is 0.343. The molecule has 2 aromatic carbocycles. The first-order valence-corrected chi connectivity index (χ1v) is 9.66. The summed E-state index contributed by atoms with van der Waals surface area (Å²) in [5.41, 5.74) is 0.365. The molecule has 8 heteroatoms. The SMILES string of the molecule is CCN(c1cc(OC)c(Cl)cc1OC)S(=O)(=O)c1ccc(Br)cc1. The highest BCUT2D eigenvalue weighted by Crippen LogP contribution is 2.40. The fraction of sp³-hybridized carbons (Fsp3) is 0.250. The smallest absolute Gasteiger partial charge is 0.264 e. The summed E-state index contributed by atoms with van der Waals surface area (Å²) < 4.78 is 38.6. The van der Waals surface area contributed by atoms with Crippen LogP contribution in [0.2, 0.25) is 5.02 Å². The predicted octanol–water partition coefficient (Wildman–Crippen LogP) is 4.33. The van der Waals surface area contributed by atoms with E-state index in [1.165, 1.54) is 24.6 Å². The van der Waals surface area contributed by atoms with Crippen molar-refractivity contribution in [2.45, 2.75) is 11.8 Å². The third-order valence-electron chi connectivity index (χ3n) is 3.41. The van der Waals surface area contributed by atoms with E-state index in [9.17, 15) is 8.42 Å². The number of ether oxygens (including phenoxy) is 2. The topological polar surface area (TPSA) is 55.8 Å². The van der Waals surface area contributed by atoms with Gasteiger partial charge in [-0.25, -0.2) is 8.42 Å². The number of anilines is 1. The van der Waals surface area contributed by atoms with E-state index in [0.717, 1.165) is 4.47 Å². The zero-order chi connectivity index (χ0) is 17.9. The second kappa shape index (κ2) is 7.63. The molecule has 0 aliphatic heterocycles. The van der Waals surface area contributed by atoms with Gasteiger partial charge >= 0.3 is 0 Å². The van der Waals surface area contributed by atoms with E-state index in [4.69, 9.17) is 21.1 Å². The van der Waals surface area contributed by atoms with Gasteiger partial charge in [-0.15, -0.1) is 0 Å². The van der Waals surface area contributed by atoms with E-state index in [1.807, 2.05) is 0 Å². The summed E-state index contributed by atoms with van der Waals surface area (Å²) in [4.78, 5) is 0.184. The van der Waals surface area contributed by atoms with Crippen molar-refractivity contribution in [3.05, 3.63) is 45.9 Å². The Morgan fingerprint density at radius 1 is 1.08 bits per heavy atom. The van der Waals surface area contributed by atoms with Crippen molar-refractivity contribution < 1.29 is 17.9 Å². The lowest BCUT2D eigenvalue weighted by Gasteiger charge is -2.25. The Hall–Kier alpha value is -1.44. The molecule has 0 amide bonds. The molecule has 2 rings (SSSR count). The quantitative estimate of drug-likeness (QED) is 0.679. The summed E-state index contributed by atoms with van der Waals surface area (Å²) in [6.07, 6.45) is 0. The molecule has 0 heterocycles. The Morgan fingerprint density at radius 3 is 2.17 bits per heavy atom. The van der Waals surface area contributed by atoms with Crippen LogP contribution in [0.25, 0.3) is 0 Å². The van der Waals surface area contributed by atoms with Gasteiger partial charge in [0.1, 0.15) is 11.5 Å². The number of methoxy groups -OCH3 is 2. The maximum atomic E-state index is 13.0. The second-order valence-corrected chi connectivity index (χ2v) is 7.97. The summed E-state index contributed by atoms with van der Waals surface area (Å²) in [6.45, 7) is 1.97. The molecule has 0 saturated carbocycles. The standard InChI is InChI=1S/C16H17BrClNO4S/c1-4-19(24(20,21)12-7-5-11(17)6-8-12)14-10-15(22-2)13(18)9-16(14)23-3/h5-10H,4H2,1-3H3. The number of hydrogen-bond acceptors (Lipinski definition) is 4. The minimum Gasteiger partial charge on any atom is -0.495 e. The number of sulfonamides is 1. The van der Waals surface area contributed by atoms with Gasteiger partial charge in [0.05, 0.1) is 29.8 Å². The monoisotopic (exact) mass is 433 g/mol. The lowest BCUT2D eigenvalue weighted by molar-refractivity contribution is 0.404. The minimum absolute atomic E-state index is 0.184. The largest absolute Gasteiger partial charge is 0.495 e. The molecular formula is C16H17BrClNO4S. The molecular weight excluding hydrogens is 418 g/mol. The number of rotatable bonds is 6. The summed E-state index contributed by atoms with van der Waals surface area (Å²) in [7, 11) is -0.828. The van der Waals surface area contributed by atoms with Gasteiger partial charge in [0.15, 0.2) is 0 Å². The lowest BCUT2D eigenvalue weighted by Crippen LogP contribution is -2.31. The van der Waals surface area contributed by atoms with Gasteiger partial charge in [0.25, 0.3) is 10.0 Å². The zero-order valence-electron chi connectivity index (χ0n) is 13.4. The van der Waals surface area contributed by atoms with Crippen LogP contribution in [0.15, 0.2) is 45.8 Å². The molecule has 0 aliphatic carbocycles.